The number of para-hydroxylation sites is 2. The summed E-state index contributed by atoms with van der Waals surface area (Å²) < 4.78 is 2.98. The molecule has 2 amide bonds. The van der Waals surface area contributed by atoms with Gasteiger partial charge < -0.3 is 10.6 Å². The Balaban J connectivity index is 1.87. The van der Waals surface area contributed by atoms with E-state index in [1.807, 2.05) is 54.6 Å². The molecule has 0 aliphatic carbocycles. The van der Waals surface area contributed by atoms with Crippen LogP contribution in [0.3, 0.4) is 0 Å². The Morgan fingerprint density at radius 2 is 1.63 bits per heavy atom. The van der Waals surface area contributed by atoms with Crippen molar-refractivity contribution in [1.82, 2.24) is 14.0 Å². The Morgan fingerprint density at radius 3 is 2.30 bits per heavy atom. The molecule has 1 aromatic heterocycles. The number of nitrogens with two attached hydrogens (primary N) is 1. The van der Waals surface area contributed by atoms with Gasteiger partial charge in [-0.3, -0.25) is 18.7 Å². The lowest BCUT2D eigenvalue weighted by atomic mass is 10.2. The molecule has 0 saturated carbocycles. The van der Waals surface area contributed by atoms with Gasteiger partial charge in [-0.25, -0.2) is 4.79 Å². The fourth-order valence-electron chi connectivity index (χ4n) is 3.09. The molecule has 0 bridgehead atoms. The second kappa shape index (κ2) is 7.90. The molecule has 2 aromatic carbocycles. The molecule has 7 nitrogen and oxygen atoms in total. The van der Waals surface area contributed by atoms with Crippen LogP contribution in [0, 0.1) is 0 Å². The SMILES string of the molecule is Cn1c(=O)n(CC(=O)N(CCC(N)=O)Cc2ccccc2)c2ccccc21. The molecule has 7 heteroatoms. The van der Waals surface area contributed by atoms with Crippen LogP contribution >= 0.6 is 0 Å². The number of amides is 2. The first-order valence-corrected chi connectivity index (χ1v) is 8.71. The number of aromatic nitrogens is 2. The summed E-state index contributed by atoms with van der Waals surface area (Å²) in [6.07, 6.45) is 0.0724. The van der Waals surface area contributed by atoms with Gasteiger partial charge in [-0.1, -0.05) is 42.5 Å². The average Bonchev–Trinajstić information content (AvgIpc) is 2.91. The largest absolute Gasteiger partial charge is 0.370 e. The van der Waals surface area contributed by atoms with Gasteiger partial charge in [0, 0.05) is 26.6 Å². The van der Waals surface area contributed by atoms with Crippen molar-refractivity contribution < 1.29 is 9.59 Å². The Hall–Kier alpha value is -3.35. The Kier molecular flexibility index (Phi) is 5.40. The van der Waals surface area contributed by atoms with E-state index >= 15 is 0 Å². The van der Waals surface area contributed by atoms with Gasteiger partial charge in [-0.15, -0.1) is 0 Å². The molecule has 0 aliphatic heterocycles. The Bertz CT molecular complexity index is 1020. The van der Waals surface area contributed by atoms with Crippen LogP contribution in [0.25, 0.3) is 11.0 Å². The van der Waals surface area contributed by atoms with Crippen LogP contribution in [-0.4, -0.2) is 32.4 Å². The molecule has 0 radical (unpaired) electrons. The van der Waals surface area contributed by atoms with Crippen molar-refractivity contribution in [3.8, 4) is 0 Å². The fourth-order valence-corrected chi connectivity index (χ4v) is 3.09. The zero-order valence-electron chi connectivity index (χ0n) is 15.2. The molecular weight excluding hydrogens is 344 g/mol. The third-order valence-electron chi connectivity index (χ3n) is 4.54. The molecule has 0 spiro atoms. The maximum Gasteiger partial charge on any atom is 0.329 e. The summed E-state index contributed by atoms with van der Waals surface area (Å²) in [6, 6.07) is 16.8. The van der Waals surface area contributed by atoms with E-state index in [4.69, 9.17) is 5.73 Å². The lowest BCUT2D eigenvalue weighted by Crippen LogP contribution is -2.38. The molecule has 3 aromatic rings. The number of primary amides is 1. The van der Waals surface area contributed by atoms with E-state index in [2.05, 4.69) is 0 Å². The summed E-state index contributed by atoms with van der Waals surface area (Å²) >= 11 is 0. The van der Waals surface area contributed by atoms with Gasteiger partial charge in [0.05, 0.1) is 11.0 Å². The van der Waals surface area contributed by atoms with Gasteiger partial charge in [0.15, 0.2) is 0 Å². The van der Waals surface area contributed by atoms with E-state index in [9.17, 15) is 14.4 Å². The summed E-state index contributed by atoms with van der Waals surface area (Å²) in [7, 11) is 1.68. The van der Waals surface area contributed by atoms with Crippen molar-refractivity contribution >= 4 is 22.8 Å². The van der Waals surface area contributed by atoms with Crippen LogP contribution in [-0.2, 0) is 29.7 Å². The van der Waals surface area contributed by atoms with Crippen molar-refractivity contribution in [2.24, 2.45) is 12.8 Å². The Labute approximate surface area is 156 Å². The second-order valence-corrected chi connectivity index (χ2v) is 6.43. The minimum atomic E-state index is -0.469. The molecule has 27 heavy (non-hydrogen) atoms. The predicted octanol–water partition coefficient (Wildman–Crippen LogP) is 1.24. The van der Waals surface area contributed by atoms with Crippen LogP contribution in [0.15, 0.2) is 59.4 Å². The lowest BCUT2D eigenvalue weighted by Gasteiger charge is -2.22. The molecule has 2 N–H and O–H groups in total. The van der Waals surface area contributed by atoms with Crippen LogP contribution in [0.2, 0.25) is 0 Å². The average molecular weight is 366 g/mol. The van der Waals surface area contributed by atoms with Gasteiger partial charge in [0.25, 0.3) is 0 Å². The van der Waals surface area contributed by atoms with E-state index in [1.54, 1.807) is 11.9 Å². The molecular formula is C20H22N4O3. The van der Waals surface area contributed by atoms with Crippen molar-refractivity contribution in [1.29, 1.82) is 0 Å². The second-order valence-electron chi connectivity index (χ2n) is 6.43. The van der Waals surface area contributed by atoms with Crippen LogP contribution < -0.4 is 11.4 Å². The summed E-state index contributed by atoms with van der Waals surface area (Å²) in [4.78, 5) is 38.3. The number of benzene rings is 2. The van der Waals surface area contributed by atoms with Gasteiger partial charge in [-0.05, 0) is 17.7 Å². The number of hydrogen-bond donors (Lipinski definition) is 1. The predicted molar refractivity (Wildman–Crippen MR) is 103 cm³/mol. The number of carbonyl (C=O) groups is 2. The first-order valence-electron chi connectivity index (χ1n) is 8.71. The number of fused-ring (bicyclic) bond motifs is 1. The molecule has 140 valence electrons. The monoisotopic (exact) mass is 366 g/mol. The fraction of sp³-hybridized carbons (Fsp3) is 0.250. The normalized spacial score (nSPS) is 10.9. The van der Waals surface area contributed by atoms with E-state index in [-0.39, 0.29) is 31.1 Å². The number of carbonyl (C=O) groups excluding carboxylic acids is 2. The van der Waals surface area contributed by atoms with Gasteiger partial charge in [0.1, 0.15) is 6.54 Å². The topological polar surface area (TPSA) is 90.3 Å². The summed E-state index contributed by atoms with van der Waals surface area (Å²) in [5, 5.41) is 0. The number of imidazole rings is 1. The summed E-state index contributed by atoms with van der Waals surface area (Å²) in [5.74, 6) is -0.707. The molecule has 3 rings (SSSR count). The van der Waals surface area contributed by atoms with E-state index in [0.717, 1.165) is 11.1 Å². The third kappa shape index (κ3) is 4.08. The molecule has 0 saturated heterocycles. The molecule has 0 unspecified atom stereocenters. The lowest BCUT2D eigenvalue weighted by molar-refractivity contribution is -0.133. The van der Waals surface area contributed by atoms with Crippen molar-refractivity contribution in [3.05, 3.63) is 70.6 Å². The van der Waals surface area contributed by atoms with Crippen LogP contribution in [0.5, 0.6) is 0 Å². The zero-order valence-corrected chi connectivity index (χ0v) is 15.2. The summed E-state index contributed by atoms with van der Waals surface area (Å²) in [6.45, 7) is 0.473. The molecule has 0 atom stereocenters. The molecule has 0 fully saturated rings. The highest BCUT2D eigenvalue weighted by molar-refractivity contribution is 5.81. The number of rotatable bonds is 7. The smallest absolute Gasteiger partial charge is 0.329 e. The number of nitrogens with zero attached hydrogens (tertiary/aromatic N) is 3. The van der Waals surface area contributed by atoms with E-state index in [1.165, 1.54) is 9.13 Å². The van der Waals surface area contributed by atoms with Crippen LogP contribution in [0.1, 0.15) is 12.0 Å². The van der Waals surface area contributed by atoms with Crippen LogP contribution in [0.4, 0.5) is 0 Å². The van der Waals surface area contributed by atoms with Gasteiger partial charge in [-0.2, -0.15) is 0 Å². The van der Waals surface area contributed by atoms with E-state index < -0.39 is 5.91 Å². The quantitative estimate of drug-likeness (QED) is 0.682. The minimum absolute atomic E-state index is 0.0724. The van der Waals surface area contributed by atoms with Crippen molar-refractivity contribution in [3.63, 3.8) is 0 Å². The highest BCUT2D eigenvalue weighted by Crippen LogP contribution is 2.13. The highest BCUT2D eigenvalue weighted by atomic mass is 16.2. The minimum Gasteiger partial charge on any atom is -0.370 e. The highest BCUT2D eigenvalue weighted by Gasteiger charge is 2.19. The summed E-state index contributed by atoms with van der Waals surface area (Å²) in [5.41, 5.74) is 7.41. The first kappa shape index (κ1) is 18.4. The third-order valence-corrected chi connectivity index (χ3v) is 4.54. The Morgan fingerprint density at radius 1 is 1.00 bits per heavy atom. The number of hydrogen-bond acceptors (Lipinski definition) is 3. The van der Waals surface area contributed by atoms with E-state index in [0.29, 0.717) is 12.1 Å². The van der Waals surface area contributed by atoms with Crippen molar-refractivity contribution in [2.75, 3.05) is 6.54 Å². The number of aryl methyl sites for hydroxylation is 1. The maximum atomic E-state index is 12.9. The molecule has 1 heterocycles. The van der Waals surface area contributed by atoms with Crippen molar-refractivity contribution in [2.45, 2.75) is 19.5 Å². The maximum absolute atomic E-state index is 12.9. The molecule has 0 aliphatic rings. The first-order chi connectivity index (χ1) is 13.0. The standard InChI is InChI=1S/C20H22N4O3/c1-22-16-9-5-6-10-17(16)24(20(22)27)14-19(26)23(12-11-18(21)25)13-15-7-3-2-4-8-15/h2-10H,11-14H2,1H3,(H2,21,25). The van der Waals surface area contributed by atoms with Gasteiger partial charge in [0.2, 0.25) is 11.8 Å². The zero-order chi connectivity index (χ0) is 19.4. The van der Waals surface area contributed by atoms with Gasteiger partial charge >= 0.3 is 5.69 Å².